The van der Waals surface area contributed by atoms with Gasteiger partial charge in [-0.05, 0) is 41.8 Å². The monoisotopic (exact) mass is 315 g/mol. The summed E-state index contributed by atoms with van der Waals surface area (Å²) in [7, 11) is -1.68. The number of hydrogen-bond donors (Lipinski definition) is 1. The molecule has 0 heterocycles. The van der Waals surface area contributed by atoms with E-state index in [0.717, 1.165) is 19.4 Å². The van der Waals surface area contributed by atoms with Crippen LogP contribution in [-0.2, 0) is 4.43 Å². The Bertz CT molecular complexity index is 244. The molecule has 2 N–H and O–H groups in total. The first-order valence-corrected chi connectivity index (χ1v) is 11.2. The minimum atomic E-state index is -1.68. The molecular weight excluding hydrogens is 274 g/mol. The van der Waals surface area contributed by atoms with Crippen LogP contribution in [0.5, 0.6) is 0 Å². The molecule has 2 atom stereocenters. The van der Waals surface area contributed by atoms with Crippen molar-refractivity contribution in [1.29, 1.82) is 0 Å². The second kappa shape index (κ2) is 10.0. The summed E-state index contributed by atoms with van der Waals surface area (Å²) in [5.74, 6) is 0.636. The molecule has 0 aromatic heterocycles. The summed E-state index contributed by atoms with van der Waals surface area (Å²) in [6.07, 6.45) is 4.68. The lowest BCUT2D eigenvalue weighted by atomic mass is 9.94. The van der Waals surface area contributed by atoms with Gasteiger partial charge in [0.15, 0.2) is 8.32 Å². The van der Waals surface area contributed by atoms with E-state index in [2.05, 4.69) is 55.4 Å². The quantitative estimate of drug-likeness (QED) is 0.391. The van der Waals surface area contributed by atoms with Crippen LogP contribution in [0.3, 0.4) is 0 Å². The molecule has 2 nitrogen and oxygen atoms in total. The third-order valence-corrected chi connectivity index (χ3v) is 11.3. The van der Waals surface area contributed by atoms with Gasteiger partial charge in [0.2, 0.25) is 0 Å². The van der Waals surface area contributed by atoms with E-state index >= 15 is 0 Å². The third-order valence-electron chi connectivity index (χ3n) is 5.22. The average molecular weight is 316 g/mol. The first-order chi connectivity index (χ1) is 9.70. The highest BCUT2D eigenvalue weighted by Crippen LogP contribution is 2.42. The molecule has 0 saturated carbocycles. The van der Waals surface area contributed by atoms with Gasteiger partial charge in [-0.1, -0.05) is 61.8 Å². The van der Waals surface area contributed by atoms with Crippen molar-refractivity contribution in [3.63, 3.8) is 0 Å². The van der Waals surface area contributed by atoms with E-state index in [1.807, 2.05) is 0 Å². The maximum atomic E-state index is 6.59. The zero-order valence-electron chi connectivity index (χ0n) is 15.9. The molecule has 0 fully saturated rings. The van der Waals surface area contributed by atoms with E-state index in [4.69, 9.17) is 10.2 Å². The Balaban J connectivity index is 4.40. The molecule has 0 rings (SSSR count). The Hall–Kier alpha value is 0.137. The van der Waals surface area contributed by atoms with Crippen LogP contribution < -0.4 is 5.73 Å². The molecule has 0 amide bonds. The lowest BCUT2D eigenvalue weighted by molar-refractivity contribution is 0.258. The van der Waals surface area contributed by atoms with Gasteiger partial charge in [0.1, 0.15) is 0 Å². The molecule has 0 saturated heterocycles. The Labute approximate surface area is 135 Å². The van der Waals surface area contributed by atoms with Gasteiger partial charge in [0.25, 0.3) is 0 Å². The van der Waals surface area contributed by atoms with Crippen LogP contribution in [0.1, 0.15) is 81.1 Å². The zero-order chi connectivity index (χ0) is 16.6. The van der Waals surface area contributed by atoms with Gasteiger partial charge in [0, 0.05) is 12.6 Å². The molecule has 1 unspecified atom stereocenters. The topological polar surface area (TPSA) is 35.2 Å². The summed E-state index contributed by atoms with van der Waals surface area (Å²) in [5.41, 5.74) is 8.30. The van der Waals surface area contributed by atoms with Gasteiger partial charge in [-0.15, -0.1) is 0 Å². The van der Waals surface area contributed by atoms with Crippen molar-refractivity contribution >= 4 is 8.32 Å². The Morgan fingerprint density at radius 1 is 0.857 bits per heavy atom. The minimum Gasteiger partial charge on any atom is -0.416 e. The highest BCUT2D eigenvalue weighted by molar-refractivity contribution is 6.77. The molecule has 128 valence electrons. The molecule has 0 bridgehead atoms. The van der Waals surface area contributed by atoms with Crippen molar-refractivity contribution in [2.24, 2.45) is 11.7 Å². The normalized spacial score (nSPS) is 16.0. The second-order valence-electron chi connectivity index (χ2n) is 7.74. The summed E-state index contributed by atoms with van der Waals surface area (Å²) >= 11 is 0. The lowest BCUT2D eigenvalue weighted by Crippen LogP contribution is -2.48. The number of rotatable bonds is 11. The fourth-order valence-corrected chi connectivity index (χ4v) is 9.52. The van der Waals surface area contributed by atoms with Crippen LogP contribution >= 0.6 is 0 Å². The van der Waals surface area contributed by atoms with E-state index in [0.29, 0.717) is 28.6 Å². The molecular formula is C18H41NOSi. The highest BCUT2D eigenvalue weighted by atomic mass is 28.4. The van der Waals surface area contributed by atoms with Crippen molar-refractivity contribution in [2.45, 2.75) is 104 Å². The summed E-state index contributed by atoms with van der Waals surface area (Å²) in [6, 6.07) is 0.335. The van der Waals surface area contributed by atoms with E-state index in [1.165, 1.54) is 12.8 Å². The van der Waals surface area contributed by atoms with Gasteiger partial charge in [0.05, 0.1) is 0 Å². The number of nitrogens with two attached hydrogens (primary N) is 1. The summed E-state index contributed by atoms with van der Waals surface area (Å²) in [5, 5.41) is 0. The summed E-state index contributed by atoms with van der Waals surface area (Å²) in [6.45, 7) is 19.5. The number of hydrogen-bond acceptors (Lipinski definition) is 2. The SMILES string of the molecule is CCCC(C)[C@H](N)CCCO[Si](C(C)C)(C(C)C)C(C)C. The molecule has 0 aromatic carbocycles. The third kappa shape index (κ3) is 6.03. The maximum absolute atomic E-state index is 6.59. The Kier molecular flexibility index (Phi) is 10.1. The first-order valence-electron chi connectivity index (χ1n) is 9.09. The van der Waals surface area contributed by atoms with Crippen molar-refractivity contribution in [1.82, 2.24) is 0 Å². The largest absolute Gasteiger partial charge is 0.416 e. The maximum Gasteiger partial charge on any atom is 0.200 e. The van der Waals surface area contributed by atoms with E-state index < -0.39 is 8.32 Å². The standard InChI is InChI=1S/C18H41NOSi/c1-9-11-17(8)18(19)12-10-13-20-21(14(2)3,15(4)5)16(6)7/h14-18H,9-13,19H2,1-8H3/t17?,18-/m1/s1. The smallest absolute Gasteiger partial charge is 0.200 e. The zero-order valence-corrected chi connectivity index (χ0v) is 16.9. The van der Waals surface area contributed by atoms with E-state index in [-0.39, 0.29) is 0 Å². The molecule has 3 heteroatoms. The van der Waals surface area contributed by atoms with Gasteiger partial charge >= 0.3 is 0 Å². The van der Waals surface area contributed by atoms with Crippen LogP contribution in [0.15, 0.2) is 0 Å². The van der Waals surface area contributed by atoms with Crippen molar-refractivity contribution in [3.8, 4) is 0 Å². The van der Waals surface area contributed by atoms with Crippen LogP contribution in [0.25, 0.3) is 0 Å². The Morgan fingerprint density at radius 2 is 1.33 bits per heavy atom. The molecule has 21 heavy (non-hydrogen) atoms. The fraction of sp³-hybridized carbons (Fsp3) is 1.00. The molecule has 0 radical (unpaired) electrons. The van der Waals surface area contributed by atoms with Crippen LogP contribution in [0.4, 0.5) is 0 Å². The summed E-state index contributed by atoms with van der Waals surface area (Å²) in [4.78, 5) is 0. The first kappa shape index (κ1) is 21.1. The van der Waals surface area contributed by atoms with Crippen molar-refractivity contribution < 1.29 is 4.43 Å². The lowest BCUT2D eigenvalue weighted by Gasteiger charge is -2.42. The molecule has 0 aliphatic heterocycles. The summed E-state index contributed by atoms with van der Waals surface area (Å²) < 4.78 is 6.59. The molecule has 0 aromatic rings. The second-order valence-corrected chi connectivity index (χ2v) is 13.2. The van der Waals surface area contributed by atoms with Crippen molar-refractivity contribution in [3.05, 3.63) is 0 Å². The fourth-order valence-electron chi connectivity index (χ4n) is 4.02. The van der Waals surface area contributed by atoms with Crippen LogP contribution in [0, 0.1) is 5.92 Å². The molecule has 0 spiro atoms. The predicted octanol–water partition coefficient (Wildman–Crippen LogP) is 5.72. The van der Waals surface area contributed by atoms with E-state index in [1.54, 1.807) is 0 Å². The molecule has 0 aliphatic carbocycles. The predicted molar refractivity (Wildman–Crippen MR) is 98.3 cm³/mol. The van der Waals surface area contributed by atoms with Crippen LogP contribution in [-0.4, -0.2) is 21.0 Å². The molecule has 0 aliphatic rings. The van der Waals surface area contributed by atoms with Gasteiger partial charge in [-0.2, -0.15) is 0 Å². The van der Waals surface area contributed by atoms with E-state index in [9.17, 15) is 0 Å². The van der Waals surface area contributed by atoms with Gasteiger partial charge in [-0.3, -0.25) is 0 Å². The van der Waals surface area contributed by atoms with Crippen molar-refractivity contribution in [2.75, 3.05) is 6.61 Å². The average Bonchev–Trinajstić information content (AvgIpc) is 2.37. The Morgan fingerprint density at radius 3 is 1.71 bits per heavy atom. The van der Waals surface area contributed by atoms with Gasteiger partial charge in [-0.25, -0.2) is 0 Å². The van der Waals surface area contributed by atoms with Gasteiger partial charge < -0.3 is 10.2 Å². The minimum absolute atomic E-state index is 0.335. The highest BCUT2D eigenvalue weighted by Gasteiger charge is 2.44. The van der Waals surface area contributed by atoms with Crippen LogP contribution in [0.2, 0.25) is 16.6 Å².